The molecule has 0 saturated carbocycles. The van der Waals surface area contributed by atoms with Crippen molar-refractivity contribution in [1.82, 2.24) is 9.78 Å². The summed E-state index contributed by atoms with van der Waals surface area (Å²) in [5, 5.41) is 4.16. The highest BCUT2D eigenvalue weighted by molar-refractivity contribution is 5.21. The maximum absolute atomic E-state index is 13.4. The van der Waals surface area contributed by atoms with Crippen LogP contribution >= 0.6 is 0 Å². The Kier molecular flexibility index (Phi) is 3.19. The summed E-state index contributed by atoms with van der Waals surface area (Å²) in [4.78, 5) is 0. The topological polar surface area (TPSA) is 43.8 Å². The van der Waals surface area contributed by atoms with Gasteiger partial charge in [0, 0.05) is 23.9 Å². The van der Waals surface area contributed by atoms with Crippen molar-refractivity contribution < 1.29 is 8.78 Å². The van der Waals surface area contributed by atoms with Crippen LogP contribution in [-0.2, 0) is 13.1 Å². The summed E-state index contributed by atoms with van der Waals surface area (Å²) in [7, 11) is 0. The largest absolute Gasteiger partial charge is 0.326 e. The van der Waals surface area contributed by atoms with Crippen molar-refractivity contribution in [1.29, 1.82) is 0 Å². The van der Waals surface area contributed by atoms with Crippen molar-refractivity contribution in [3.8, 4) is 0 Å². The Morgan fingerprint density at radius 2 is 1.94 bits per heavy atom. The molecule has 0 bridgehead atoms. The molecule has 1 heterocycles. The number of aryl methyl sites for hydroxylation is 1. The fourth-order valence-corrected chi connectivity index (χ4v) is 1.69. The zero-order valence-corrected chi connectivity index (χ0v) is 9.45. The molecule has 0 aliphatic heterocycles. The lowest BCUT2D eigenvalue weighted by Crippen LogP contribution is -2.05. The first-order chi connectivity index (χ1) is 8.11. The van der Waals surface area contributed by atoms with Crippen LogP contribution in [0.25, 0.3) is 0 Å². The van der Waals surface area contributed by atoms with Gasteiger partial charge >= 0.3 is 0 Å². The Bertz CT molecular complexity index is 514. The predicted molar refractivity (Wildman–Crippen MR) is 60.3 cm³/mol. The van der Waals surface area contributed by atoms with Crippen LogP contribution in [0, 0.1) is 18.6 Å². The van der Waals surface area contributed by atoms with Gasteiger partial charge in [0.05, 0.1) is 12.2 Å². The molecule has 2 N–H and O–H groups in total. The predicted octanol–water partition coefficient (Wildman–Crippen LogP) is 1.98. The molecule has 2 aromatic rings. The summed E-state index contributed by atoms with van der Waals surface area (Å²) in [6.45, 7) is 2.25. The van der Waals surface area contributed by atoms with Crippen molar-refractivity contribution >= 4 is 0 Å². The Labute approximate surface area is 97.9 Å². The fraction of sp³-hybridized carbons (Fsp3) is 0.250. The monoisotopic (exact) mass is 237 g/mol. The summed E-state index contributed by atoms with van der Waals surface area (Å²) < 4.78 is 28.3. The fourth-order valence-electron chi connectivity index (χ4n) is 1.69. The molecule has 0 fully saturated rings. The second kappa shape index (κ2) is 4.63. The molecule has 1 aromatic carbocycles. The number of benzene rings is 1. The molecule has 3 nitrogen and oxygen atoms in total. The van der Waals surface area contributed by atoms with E-state index >= 15 is 0 Å². The first-order valence-electron chi connectivity index (χ1n) is 5.27. The number of hydrogen-bond acceptors (Lipinski definition) is 2. The maximum atomic E-state index is 13.4. The second-order valence-corrected chi connectivity index (χ2v) is 3.84. The first kappa shape index (κ1) is 11.7. The summed E-state index contributed by atoms with van der Waals surface area (Å²) in [6.07, 6.45) is 1.71. The minimum Gasteiger partial charge on any atom is -0.326 e. The van der Waals surface area contributed by atoms with Gasteiger partial charge in [-0.2, -0.15) is 5.10 Å². The molecule has 0 aliphatic carbocycles. The van der Waals surface area contributed by atoms with Crippen molar-refractivity contribution in [3.63, 3.8) is 0 Å². The van der Waals surface area contributed by atoms with E-state index in [0.717, 1.165) is 11.3 Å². The molecule has 0 radical (unpaired) electrons. The van der Waals surface area contributed by atoms with Gasteiger partial charge in [-0.05, 0) is 19.1 Å². The van der Waals surface area contributed by atoms with Crippen LogP contribution < -0.4 is 5.73 Å². The van der Waals surface area contributed by atoms with Crippen LogP contribution in [0.3, 0.4) is 0 Å². The molecule has 0 atom stereocenters. The second-order valence-electron chi connectivity index (χ2n) is 3.84. The molecule has 2 rings (SSSR count). The minimum absolute atomic E-state index is 0.0126. The first-order valence-corrected chi connectivity index (χ1v) is 5.27. The molecule has 90 valence electrons. The Morgan fingerprint density at radius 3 is 2.47 bits per heavy atom. The molecule has 0 amide bonds. The summed E-state index contributed by atoms with van der Waals surface area (Å²) >= 11 is 0. The lowest BCUT2D eigenvalue weighted by atomic mass is 10.2. The van der Waals surface area contributed by atoms with Crippen molar-refractivity contribution in [2.45, 2.75) is 20.0 Å². The maximum Gasteiger partial charge on any atom is 0.131 e. The average Bonchev–Trinajstić information content (AvgIpc) is 2.64. The van der Waals surface area contributed by atoms with Gasteiger partial charge in [0.15, 0.2) is 0 Å². The smallest absolute Gasteiger partial charge is 0.131 e. The van der Waals surface area contributed by atoms with E-state index in [9.17, 15) is 8.78 Å². The van der Waals surface area contributed by atoms with Gasteiger partial charge in [-0.1, -0.05) is 6.07 Å². The summed E-state index contributed by atoms with van der Waals surface area (Å²) in [5.74, 6) is -1.13. The lowest BCUT2D eigenvalue weighted by Gasteiger charge is -2.04. The quantitative estimate of drug-likeness (QED) is 0.887. The number of rotatable bonds is 3. The van der Waals surface area contributed by atoms with E-state index in [1.54, 1.807) is 6.20 Å². The third-order valence-electron chi connectivity index (χ3n) is 2.65. The standard InChI is InChI=1S/C12H13F2N3/c1-8-9(5-15)6-17(16-8)7-10-11(13)3-2-4-12(10)14/h2-4,6H,5,7,15H2,1H3. The molecule has 5 heteroatoms. The van der Waals surface area contributed by atoms with Gasteiger partial charge in [-0.25, -0.2) is 8.78 Å². The van der Waals surface area contributed by atoms with Crippen LogP contribution in [0.5, 0.6) is 0 Å². The molecule has 1 aromatic heterocycles. The molecule has 0 unspecified atom stereocenters. The van der Waals surface area contributed by atoms with Gasteiger partial charge in [0.1, 0.15) is 11.6 Å². The van der Waals surface area contributed by atoms with E-state index in [1.165, 1.54) is 22.9 Å². The Morgan fingerprint density at radius 1 is 1.29 bits per heavy atom. The van der Waals surface area contributed by atoms with E-state index in [0.29, 0.717) is 6.54 Å². The van der Waals surface area contributed by atoms with Crippen molar-refractivity contribution in [3.05, 3.63) is 52.9 Å². The summed E-state index contributed by atoms with van der Waals surface area (Å²) in [5.41, 5.74) is 7.19. The van der Waals surface area contributed by atoms with Crippen molar-refractivity contribution in [2.24, 2.45) is 5.73 Å². The van der Waals surface area contributed by atoms with Gasteiger partial charge < -0.3 is 5.73 Å². The van der Waals surface area contributed by atoms with Crippen LogP contribution in [-0.4, -0.2) is 9.78 Å². The van der Waals surface area contributed by atoms with Gasteiger partial charge in [-0.15, -0.1) is 0 Å². The molecule has 17 heavy (non-hydrogen) atoms. The summed E-state index contributed by atoms with van der Waals surface area (Å²) in [6, 6.07) is 3.81. The number of halogens is 2. The molecule has 0 spiro atoms. The van der Waals surface area contributed by atoms with Gasteiger partial charge in [0.2, 0.25) is 0 Å². The van der Waals surface area contributed by atoms with Crippen LogP contribution in [0.4, 0.5) is 8.78 Å². The van der Waals surface area contributed by atoms with Crippen LogP contribution in [0.1, 0.15) is 16.8 Å². The molecular weight excluding hydrogens is 224 g/mol. The van der Waals surface area contributed by atoms with Crippen molar-refractivity contribution in [2.75, 3.05) is 0 Å². The zero-order chi connectivity index (χ0) is 12.4. The Hall–Kier alpha value is -1.75. The normalized spacial score (nSPS) is 10.8. The van der Waals surface area contributed by atoms with E-state index in [4.69, 9.17) is 5.73 Å². The Balaban J connectivity index is 2.31. The van der Waals surface area contributed by atoms with Crippen LogP contribution in [0.2, 0.25) is 0 Å². The number of nitrogens with two attached hydrogens (primary N) is 1. The third kappa shape index (κ3) is 2.34. The number of hydrogen-bond donors (Lipinski definition) is 1. The molecule has 0 saturated heterocycles. The highest BCUT2D eigenvalue weighted by Crippen LogP contribution is 2.14. The van der Waals surface area contributed by atoms with E-state index in [-0.39, 0.29) is 12.1 Å². The van der Waals surface area contributed by atoms with Gasteiger partial charge in [0.25, 0.3) is 0 Å². The number of nitrogens with zero attached hydrogens (tertiary/aromatic N) is 2. The number of aromatic nitrogens is 2. The third-order valence-corrected chi connectivity index (χ3v) is 2.65. The van der Waals surface area contributed by atoms with E-state index in [2.05, 4.69) is 5.10 Å². The highest BCUT2D eigenvalue weighted by Gasteiger charge is 2.10. The highest BCUT2D eigenvalue weighted by atomic mass is 19.1. The van der Waals surface area contributed by atoms with Gasteiger partial charge in [-0.3, -0.25) is 4.68 Å². The van der Waals surface area contributed by atoms with E-state index < -0.39 is 11.6 Å². The molecular formula is C12H13F2N3. The van der Waals surface area contributed by atoms with Crippen LogP contribution in [0.15, 0.2) is 24.4 Å². The van der Waals surface area contributed by atoms with E-state index in [1.807, 2.05) is 6.92 Å². The minimum atomic E-state index is -0.563. The zero-order valence-electron chi connectivity index (χ0n) is 9.45. The lowest BCUT2D eigenvalue weighted by molar-refractivity contribution is 0.532. The average molecular weight is 237 g/mol. The SMILES string of the molecule is Cc1nn(Cc2c(F)cccc2F)cc1CN. The molecule has 0 aliphatic rings.